The molecule has 1 nitrogen and oxygen atoms in total. The van der Waals surface area contributed by atoms with E-state index >= 15 is 0 Å². The molecule has 0 aliphatic carbocycles. The van der Waals surface area contributed by atoms with E-state index in [1.807, 2.05) is 14.0 Å². The van der Waals surface area contributed by atoms with Crippen molar-refractivity contribution in [1.29, 1.82) is 0 Å². The smallest absolute Gasteiger partial charge is 0.0927 e. The molecule has 0 spiro atoms. The van der Waals surface area contributed by atoms with Crippen molar-refractivity contribution in [3.63, 3.8) is 0 Å². The van der Waals surface area contributed by atoms with Gasteiger partial charge in [0.2, 0.25) is 0 Å². The van der Waals surface area contributed by atoms with Gasteiger partial charge < -0.3 is 5.32 Å². The fourth-order valence-electron chi connectivity index (χ4n) is 0.289. The first-order chi connectivity index (χ1) is 3.50. The molecule has 0 heterocycles. The average molecular weight is 172 g/mol. The maximum atomic E-state index is 5.94. The molecule has 0 fully saturated rings. The molecule has 9 heavy (non-hydrogen) atoms. The van der Waals surface area contributed by atoms with Crippen LogP contribution in [0.4, 0.5) is 0 Å². The number of halogens is 2. The summed E-state index contributed by atoms with van der Waals surface area (Å²) in [6.45, 7) is 6.15. The molecule has 0 amide bonds. The summed E-state index contributed by atoms with van der Waals surface area (Å²) >= 11 is 5.94. The Morgan fingerprint density at radius 1 is 1.44 bits per heavy atom. The zero-order valence-corrected chi connectivity index (χ0v) is 7.94. The topological polar surface area (TPSA) is 12.0 Å². The van der Waals surface area contributed by atoms with Gasteiger partial charge in [-0.1, -0.05) is 13.8 Å². The van der Waals surface area contributed by atoms with Gasteiger partial charge in [-0.15, -0.1) is 24.0 Å². The van der Waals surface area contributed by atoms with Crippen molar-refractivity contribution in [1.82, 2.24) is 5.32 Å². The molecule has 0 aliphatic rings. The SMILES string of the molecule is CNC(C)(Cl)C(C)C.Cl. The van der Waals surface area contributed by atoms with Crippen molar-refractivity contribution in [2.75, 3.05) is 7.05 Å². The fourth-order valence-corrected chi connectivity index (χ4v) is 0.289. The van der Waals surface area contributed by atoms with Crippen LogP contribution in [0.5, 0.6) is 0 Å². The first-order valence-corrected chi connectivity index (χ1v) is 3.26. The van der Waals surface area contributed by atoms with Crippen LogP contribution in [0.2, 0.25) is 0 Å². The van der Waals surface area contributed by atoms with Crippen LogP contribution in [-0.4, -0.2) is 12.0 Å². The molecule has 0 rings (SSSR count). The third-order valence-electron chi connectivity index (χ3n) is 1.57. The summed E-state index contributed by atoms with van der Waals surface area (Å²) in [5, 5.41) is 3.01. The van der Waals surface area contributed by atoms with E-state index in [1.54, 1.807) is 0 Å². The van der Waals surface area contributed by atoms with E-state index in [4.69, 9.17) is 11.6 Å². The Morgan fingerprint density at radius 3 is 1.78 bits per heavy atom. The first kappa shape index (κ1) is 12.2. The lowest BCUT2D eigenvalue weighted by Gasteiger charge is -2.25. The maximum absolute atomic E-state index is 5.94. The molecule has 1 N–H and O–H groups in total. The van der Waals surface area contributed by atoms with Crippen molar-refractivity contribution in [2.24, 2.45) is 5.92 Å². The van der Waals surface area contributed by atoms with Crippen molar-refractivity contribution >= 4 is 24.0 Å². The van der Waals surface area contributed by atoms with Gasteiger partial charge in [0, 0.05) is 0 Å². The van der Waals surface area contributed by atoms with Crippen LogP contribution in [0.1, 0.15) is 20.8 Å². The second-order valence-electron chi connectivity index (χ2n) is 2.48. The summed E-state index contributed by atoms with van der Waals surface area (Å²) in [6, 6.07) is 0. The Labute approximate surface area is 68.6 Å². The van der Waals surface area contributed by atoms with Crippen LogP contribution in [0, 0.1) is 5.92 Å². The molecule has 1 atom stereocenters. The summed E-state index contributed by atoms with van der Waals surface area (Å²) < 4.78 is 0. The highest BCUT2D eigenvalue weighted by Gasteiger charge is 2.21. The van der Waals surface area contributed by atoms with E-state index < -0.39 is 0 Å². The monoisotopic (exact) mass is 171 g/mol. The summed E-state index contributed by atoms with van der Waals surface area (Å²) in [7, 11) is 1.87. The van der Waals surface area contributed by atoms with Crippen molar-refractivity contribution in [3.05, 3.63) is 0 Å². The van der Waals surface area contributed by atoms with Gasteiger partial charge in [-0.2, -0.15) is 0 Å². The Bertz CT molecular complexity index is 71.5. The van der Waals surface area contributed by atoms with Gasteiger partial charge in [0.15, 0.2) is 0 Å². The Morgan fingerprint density at radius 2 is 1.78 bits per heavy atom. The van der Waals surface area contributed by atoms with E-state index in [2.05, 4.69) is 19.2 Å². The molecule has 1 unspecified atom stereocenters. The average Bonchev–Trinajstić information content (AvgIpc) is 1.67. The number of hydrogen-bond donors (Lipinski definition) is 1. The third-order valence-corrected chi connectivity index (χ3v) is 2.20. The minimum Gasteiger partial charge on any atom is -0.302 e. The van der Waals surface area contributed by atoms with Crippen LogP contribution in [0.3, 0.4) is 0 Å². The van der Waals surface area contributed by atoms with Gasteiger partial charge in [0.05, 0.1) is 5.00 Å². The molecule has 0 aromatic rings. The molecule has 0 aliphatic heterocycles. The van der Waals surface area contributed by atoms with Gasteiger partial charge in [-0.3, -0.25) is 0 Å². The zero-order valence-electron chi connectivity index (χ0n) is 6.36. The highest BCUT2D eigenvalue weighted by molar-refractivity contribution is 6.23. The fraction of sp³-hybridized carbons (Fsp3) is 1.00. The van der Waals surface area contributed by atoms with Gasteiger partial charge >= 0.3 is 0 Å². The third kappa shape index (κ3) is 4.01. The quantitative estimate of drug-likeness (QED) is 0.497. The predicted molar refractivity (Wildman–Crippen MR) is 45.4 cm³/mol. The molecule has 58 valence electrons. The van der Waals surface area contributed by atoms with Crippen LogP contribution >= 0.6 is 24.0 Å². The standard InChI is InChI=1S/C6H14ClN.ClH/c1-5(2)6(3,7)8-4;/h5,8H,1-4H3;1H. The lowest BCUT2D eigenvalue weighted by molar-refractivity contribution is 0.403. The zero-order chi connectivity index (χ0) is 6.78. The second kappa shape index (κ2) is 4.37. The molecule has 0 aromatic carbocycles. The number of hydrogen-bond acceptors (Lipinski definition) is 1. The van der Waals surface area contributed by atoms with Gasteiger partial charge in [-0.25, -0.2) is 0 Å². The van der Waals surface area contributed by atoms with Crippen LogP contribution in [-0.2, 0) is 0 Å². The largest absolute Gasteiger partial charge is 0.302 e. The van der Waals surface area contributed by atoms with Crippen LogP contribution in [0.15, 0.2) is 0 Å². The van der Waals surface area contributed by atoms with E-state index in [0.29, 0.717) is 5.92 Å². The van der Waals surface area contributed by atoms with Gasteiger partial charge in [0.25, 0.3) is 0 Å². The number of nitrogens with one attached hydrogen (secondary N) is 1. The number of rotatable bonds is 2. The second-order valence-corrected chi connectivity index (χ2v) is 3.27. The van der Waals surface area contributed by atoms with Crippen molar-refractivity contribution < 1.29 is 0 Å². The Kier molecular flexibility index (Phi) is 5.94. The number of alkyl halides is 1. The normalized spacial score (nSPS) is 16.7. The Balaban J connectivity index is 0. The van der Waals surface area contributed by atoms with Crippen LogP contribution in [0.25, 0.3) is 0 Å². The van der Waals surface area contributed by atoms with E-state index in [1.165, 1.54) is 0 Å². The summed E-state index contributed by atoms with van der Waals surface area (Å²) in [5.41, 5.74) is 0. The molecular weight excluding hydrogens is 157 g/mol. The molecule has 0 saturated carbocycles. The predicted octanol–water partition coefficient (Wildman–Crippen LogP) is 2.24. The van der Waals surface area contributed by atoms with E-state index in [9.17, 15) is 0 Å². The summed E-state index contributed by atoms with van der Waals surface area (Å²) in [5.74, 6) is 0.467. The van der Waals surface area contributed by atoms with Crippen molar-refractivity contribution in [2.45, 2.75) is 25.8 Å². The maximum Gasteiger partial charge on any atom is 0.0927 e. The minimum absolute atomic E-state index is 0. The minimum atomic E-state index is -0.236. The van der Waals surface area contributed by atoms with E-state index in [-0.39, 0.29) is 17.4 Å². The molecule has 0 saturated heterocycles. The lowest BCUT2D eigenvalue weighted by atomic mass is 10.1. The van der Waals surface area contributed by atoms with Gasteiger partial charge in [0.1, 0.15) is 0 Å². The Hall–Kier alpha value is 0.540. The molecule has 0 bridgehead atoms. The summed E-state index contributed by atoms with van der Waals surface area (Å²) in [4.78, 5) is -0.236. The van der Waals surface area contributed by atoms with E-state index in [0.717, 1.165) is 0 Å². The lowest BCUT2D eigenvalue weighted by Crippen LogP contribution is -2.38. The highest BCUT2D eigenvalue weighted by Crippen LogP contribution is 2.19. The summed E-state index contributed by atoms with van der Waals surface area (Å²) in [6.07, 6.45) is 0. The molecule has 3 heteroatoms. The van der Waals surface area contributed by atoms with Crippen LogP contribution < -0.4 is 5.32 Å². The molecule has 0 radical (unpaired) electrons. The molecule has 0 aromatic heterocycles. The van der Waals surface area contributed by atoms with Gasteiger partial charge in [-0.05, 0) is 19.9 Å². The van der Waals surface area contributed by atoms with Crippen molar-refractivity contribution in [3.8, 4) is 0 Å². The first-order valence-electron chi connectivity index (χ1n) is 2.88. The molecular formula is C6H15Cl2N. The highest BCUT2D eigenvalue weighted by atomic mass is 35.5.